The highest BCUT2D eigenvalue weighted by Crippen LogP contribution is 2.27. The van der Waals surface area contributed by atoms with E-state index in [0.29, 0.717) is 13.0 Å². The van der Waals surface area contributed by atoms with E-state index in [1.807, 2.05) is 13.8 Å². The second-order valence-corrected chi connectivity index (χ2v) is 7.47. The third kappa shape index (κ3) is 4.39. The summed E-state index contributed by atoms with van der Waals surface area (Å²) in [7, 11) is -3.03. The lowest BCUT2D eigenvalue weighted by atomic mass is 9.78. The van der Waals surface area contributed by atoms with E-state index in [-0.39, 0.29) is 29.1 Å². The van der Waals surface area contributed by atoms with Crippen LogP contribution in [0.4, 0.5) is 0 Å². The third-order valence-electron chi connectivity index (χ3n) is 3.43. The van der Waals surface area contributed by atoms with Gasteiger partial charge in [-0.15, -0.1) is 0 Å². The molecule has 1 atom stereocenters. The second-order valence-electron chi connectivity index (χ2n) is 5.17. The third-order valence-corrected chi connectivity index (χ3v) is 5.28. The molecule has 1 heterocycles. The molecule has 1 fully saturated rings. The summed E-state index contributed by atoms with van der Waals surface area (Å²) in [5.74, 6) is 0.286. The average molecular weight is 261 g/mol. The fraction of sp³-hybridized carbons (Fsp3) is 0.917. The second kappa shape index (κ2) is 5.96. The molecule has 1 saturated heterocycles. The summed E-state index contributed by atoms with van der Waals surface area (Å²) in [6.07, 6.45) is 2.65. The lowest BCUT2D eigenvalue weighted by molar-refractivity contribution is -0.128. The molecule has 4 nitrogen and oxygen atoms in total. The van der Waals surface area contributed by atoms with Crippen LogP contribution in [0.3, 0.4) is 0 Å². The molecule has 0 aliphatic carbocycles. The largest absolute Gasteiger partial charge is 0.316 e. The lowest BCUT2D eigenvalue weighted by Crippen LogP contribution is -2.43. The molecule has 0 aromatic rings. The minimum Gasteiger partial charge on any atom is -0.316 e. The molecule has 0 spiro atoms. The van der Waals surface area contributed by atoms with Crippen molar-refractivity contribution in [3.63, 3.8) is 0 Å². The number of sulfone groups is 1. The van der Waals surface area contributed by atoms with E-state index in [1.54, 1.807) is 0 Å². The first-order chi connectivity index (χ1) is 7.90. The minimum atomic E-state index is -3.03. The Morgan fingerprint density at radius 3 is 2.59 bits per heavy atom. The molecule has 100 valence electrons. The summed E-state index contributed by atoms with van der Waals surface area (Å²) in [6, 6.07) is 0. The molecule has 1 unspecified atom stereocenters. The van der Waals surface area contributed by atoms with Gasteiger partial charge < -0.3 is 5.32 Å². The number of nitrogens with one attached hydrogen (secondary N) is 1. The molecular formula is C12H23NO3S. The molecule has 1 N–H and O–H groups in total. The van der Waals surface area contributed by atoms with Gasteiger partial charge in [-0.25, -0.2) is 8.42 Å². The number of carbonyl (C=O) groups excluding carboxylic acids is 1. The van der Waals surface area contributed by atoms with Crippen LogP contribution in [0.25, 0.3) is 0 Å². The molecule has 1 aliphatic heterocycles. The lowest BCUT2D eigenvalue weighted by Gasteiger charge is -2.32. The first-order valence-electron chi connectivity index (χ1n) is 6.34. The van der Waals surface area contributed by atoms with Gasteiger partial charge in [-0.1, -0.05) is 13.8 Å². The molecular weight excluding hydrogens is 238 g/mol. The van der Waals surface area contributed by atoms with E-state index in [0.717, 1.165) is 19.4 Å². The Labute approximate surface area is 104 Å². The smallest absolute Gasteiger partial charge is 0.150 e. The zero-order valence-corrected chi connectivity index (χ0v) is 11.6. The Balaban J connectivity index is 2.49. The first-order valence-corrected chi connectivity index (χ1v) is 8.16. The van der Waals surface area contributed by atoms with Crippen molar-refractivity contribution in [2.45, 2.75) is 39.5 Å². The zero-order chi connectivity index (χ0) is 12.9. The van der Waals surface area contributed by atoms with Crippen LogP contribution in [-0.4, -0.2) is 38.8 Å². The van der Waals surface area contributed by atoms with E-state index in [9.17, 15) is 13.2 Å². The van der Waals surface area contributed by atoms with Gasteiger partial charge in [-0.3, -0.25) is 4.79 Å². The van der Waals surface area contributed by atoms with Crippen molar-refractivity contribution in [3.05, 3.63) is 0 Å². The topological polar surface area (TPSA) is 63.2 Å². The van der Waals surface area contributed by atoms with Crippen molar-refractivity contribution in [1.29, 1.82) is 0 Å². The van der Waals surface area contributed by atoms with Gasteiger partial charge in [0.2, 0.25) is 0 Å². The molecule has 0 bridgehead atoms. The fourth-order valence-electron chi connectivity index (χ4n) is 2.26. The van der Waals surface area contributed by atoms with Gasteiger partial charge >= 0.3 is 0 Å². The number of hydrogen-bond donors (Lipinski definition) is 1. The van der Waals surface area contributed by atoms with Gasteiger partial charge in [0, 0.05) is 24.1 Å². The van der Waals surface area contributed by atoms with E-state index in [1.165, 1.54) is 0 Å². The molecule has 0 saturated carbocycles. The highest BCUT2D eigenvalue weighted by atomic mass is 32.2. The predicted molar refractivity (Wildman–Crippen MR) is 68.8 cm³/mol. The summed E-state index contributed by atoms with van der Waals surface area (Å²) in [5.41, 5.74) is -0.361. The molecule has 5 heteroatoms. The monoisotopic (exact) mass is 261 g/mol. The van der Waals surface area contributed by atoms with Crippen molar-refractivity contribution in [3.8, 4) is 0 Å². The van der Waals surface area contributed by atoms with Crippen LogP contribution in [0.2, 0.25) is 0 Å². The summed E-state index contributed by atoms with van der Waals surface area (Å²) in [5, 5.41) is 3.21. The van der Waals surface area contributed by atoms with Crippen LogP contribution in [0.15, 0.2) is 0 Å². The Hall–Kier alpha value is -0.420. The molecule has 0 aromatic heterocycles. The Morgan fingerprint density at radius 1 is 1.35 bits per heavy atom. The van der Waals surface area contributed by atoms with Gasteiger partial charge in [-0.05, 0) is 25.8 Å². The number of piperidine rings is 1. The van der Waals surface area contributed by atoms with Crippen molar-refractivity contribution in [2.24, 2.45) is 5.41 Å². The summed E-state index contributed by atoms with van der Waals surface area (Å²) in [6.45, 7) is 5.41. The number of carbonyl (C=O) groups is 1. The van der Waals surface area contributed by atoms with Crippen LogP contribution in [0.5, 0.6) is 0 Å². The maximum atomic E-state index is 12.1. The zero-order valence-electron chi connectivity index (χ0n) is 10.8. The maximum absolute atomic E-state index is 12.1. The van der Waals surface area contributed by atoms with Gasteiger partial charge in [-0.2, -0.15) is 0 Å². The maximum Gasteiger partial charge on any atom is 0.150 e. The number of Topliss-reactive ketones (excluding diaryl/α,β-unsaturated/α-hetero) is 1. The number of hydrogen-bond acceptors (Lipinski definition) is 4. The highest BCUT2D eigenvalue weighted by Gasteiger charge is 2.34. The molecule has 0 aromatic carbocycles. The fourth-order valence-corrected chi connectivity index (χ4v) is 3.58. The minimum absolute atomic E-state index is 0.00919. The van der Waals surface area contributed by atoms with Crippen molar-refractivity contribution >= 4 is 15.6 Å². The van der Waals surface area contributed by atoms with Crippen molar-refractivity contribution < 1.29 is 13.2 Å². The van der Waals surface area contributed by atoms with Gasteiger partial charge in [0.1, 0.15) is 5.78 Å². The Kier molecular flexibility index (Phi) is 5.13. The Bertz CT molecular complexity index is 356. The van der Waals surface area contributed by atoms with E-state index in [4.69, 9.17) is 0 Å². The summed E-state index contributed by atoms with van der Waals surface area (Å²) >= 11 is 0. The van der Waals surface area contributed by atoms with E-state index >= 15 is 0 Å². The molecule has 1 rings (SSSR count). The molecule has 1 aliphatic rings. The van der Waals surface area contributed by atoms with Crippen LogP contribution in [-0.2, 0) is 14.6 Å². The van der Waals surface area contributed by atoms with Gasteiger partial charge in [0.05, 0.1) is 5.75 Å². The molecule has 17 heavy (non-hydrogen) atoms. The predicted octanol–water partition coefficient (Wildman–Crippen LogP) is 1.16. The number of rotatable bonds is 6. The van der Waals surface area contributed by atoms with Crippen LogP contribution in [0.1, 0.15) is 39.5 Å². The molecule has 0 amide bonds. The van der Waals surface area contributed by atoms with Crippen LogP contribution in [0, 0.1) is 5.41 Å². The van der Waals surface area contributed by atoms with Crippen molar-refractivity contribution in [2.75, 3.05) is 24.6 Å². The quantitative estimate of drug-likeness (QED) is 0.779. The Morgan fingerprint density at radius 2 is 2.06 bits per heavy atom. The molecule has 0 radical (unpaired) electrons. The van der Waals surface area contributed by atoms with Crippen molar-refractivity contribution in [1.82, 2.24) is 5.32 Å². The SMILES string of the molecule is CCCS(=O)(=O)CCC(=O)C1(C)CCCNC1. The standard InChI is InChI=1S/C12H23NO3S/c1-3-8-17(15,16)9-5-11(14)12(2)6-4-7-13-10-12/h13H,3-10H2,1-2H3. The van der Waals surface area contributed by atoms with E-state index < -0.39 is 9.84 Å². The highest BCUT2D eigenvalue weighted by molar-refractivity contribution is 7.91. The first kappa shape index (κ1) is 14.6. The average Bonchev–Trinajstić information content (AvgIpc) is 2.27. The van der Waals surface area contributed by atoms with Gasteiger partial charge in [0.25, 0.3) is 0 Å². The summed E-state index contributed by atoms with van der Waals surface area (Å²) < 4.78 is 23.1. The summed E-state index contributed by atoms with van der Waals surface area (Å²) in [4.78, 5) is 12.1. The normalized spacial score (nSPS) is 25.8. The van der Waals surface area contributed by atoms with Gasteiger partial charge in [0.15, 0.2) is 9.84 Å². The number of ketones is 1. The van der Waals surface area contributed by atoms with Crippen LogP contribution < -0.4 is 5.32 Å². The van der Waals surface area contributed by atoms with E-state index in [2.05, 4.69) is 5.32 Å². The van der Waals surface area contributed by atoms with Crippen LogP contribution >= 0.6 is 0 Å².